The van der Waals surface area contributed by atoms with Crippen LogP contribution in [0.1, 0.15) is 28.1 Å². The van der Waals surface area contributed by atoms with Crippen LogP contribution in [0.3, 0.4) is 0 Å². The van der Waals surface area contributed by atoms with Gasteiger partial charge in [0.15, 0.2) is 6.61 Å². The summed E-state index contributed by atoms with van der Waals surface area (Å²) in [6, 6.07) is 7.63. The predicted molar refractivity (Wildman–Crippen MR) is 109 cm³/mol. The van der Waals surface area contributed by atoms with E-state index < -0.39 is 30.4 Å². The second-order valence-corrected chi connectivity index (χ2v) is 7.43. The molecule has 0 aliphatic carbocycles. The molecule has 0 bridgehead atoms. The second kappa shape index (κ2) is 9.74. The second-order valence-electron chi connectivity index (χ2n) is 7.43. The van der Waals surface area contributed by atoms with Gasteiger partial charge in [-0.05, 0) is 38.1 Å². The third-order valence-electron chi connectivity index (χ3n) is 4.90. The van der Waals surface area contributed by atoms with Crippen molar-refractivity contribution in [2.75, 3.05) is 6.61 Å². The predicted octanol–water partition coefficient (Wildman–Crippen LogP) is 4.70. The first-order valence-electron chi connectivity index (χ1n) is 9.98. The molecule has 182 valence electrons. The van der Waals surface area contributed by atoms with Crippen LogP contribution in [-0.4, -0.2) is 33.5 Å². The van der Waals surface area contributed by atoms with Crippen LogP contribution in [0.15, 0.2) is 42.6 Å². The summed E-state index contributed by atoms with van der Waals surface area (Å²) < 4.78 is 82.4. The van der Waals surface area contributed by atoms with E-state index in [1.54, 1.807) is 13.8 Å². The van der Waals surface area contributed by atoms with Crippen LogP contribution in [0.4, 0.5) is 26.3 Å². The van der Waals surface area contributed by atoms with E-state index in [1.165, 1.54) is 35.1 Å². The van der Waals surface area contributed by atoms with Crippen molar-refractivity contribution < 1.29 is 35.9 Å². The Hall–Kier alpha value is -3.57. The average molecular weight is 486 g/mol. The number of ether oxygens (including phenoxy) is 1. The molecule has 3 aromatic rings. The number of halogens is 6. The summed E-state index contributed by atoms with van der Waals surface area (Å²) in [6.07, 6.45) is -7.90. The zero-order chi connectivity index (χ0) is 25.1. The molecule has 12 heteroatoms. The van der Waals surface area contributed by atoms with Gasteiger partial charge in [0.25, 0.3) is 0 Å². The molecule has 0 saturated carbocycles. The van der Waals surface area contributed by atoms with Gasteiger partial charge in [-0.3, -0.25) is 4.79 Å². The molecule has 1 amide bonds. The minimum Gasteiger partial charge on any atom is -0.468 e. The van der Waals surface area contributed by atoms with Gasteiger partial charge in [0.2, 0.25) is 11.8 Å². The quantitative estimate of drug-likeness (QED) is 0.492. The molecular weight excluding hydrogens is 466 g/mol. The molecule has 0 saturated heterocycles. The first-order chi connectivity index (χ1) is 15.8. The van der Waals surface area contributed by atoms with Gasteiger partial charge in [0.05, 0.1) is 23.4 Å². The number of carbonyl (C=O) groups excluding carboxylic acids is 1. The molecule has 2 aromatic heterocycles. The van der Waals surface area contributed by atoms with Gasteiger partial charge < -0.3 is 10.1 Å². The largest absolute Gasteiger partial charge is 0.468 e. The van der Waals surface area contributed by atoms with Crippen molar-refractivity contribution in [3.05, 3.63) is 70.7 Å². The molecular formula is C22H20F6N4O2. The van der Waals surface area contributed by atoms with Gasteiger partial charge in [-0.1, -0.05) is 12.1 Å². The standard InChI is InChI=1S/C22H20F6N4O2/c1-13-18(14(2)32(31-13)17-7-3-6-16(9-17)22(26,27)28)10-19(33)30-11-15-5-4-8-29-20(15)34-12-21(23,24)25/h3-9H,10-12H2,1-2H3,(H,30,33). The lowest BCUT2D eigenvalue weighted by Crippen LogP contribution is -2.26. The van der Waals surface area contributed by atoms with E-state index in [1.807, 2.05) is 0 Å². The monoisotopic (exact) mass is 486 g/mol. The van der Waals surface area contributed by atoms with E-state index in [-0.39, 0.29) is 30.1 Å². The first-order valence-corrected chi connectivity index (χ1v) is 9.98. The molecule has 34 heavy (non-hydrogen) atoms. The Kier molecular flexibility index (Phi) is 7.18. The van der Waals surface area contributed by atoms with Crippen molar-refractivity contribution in [1.29, 1.82) is 0 Å². The smallest absolute Gasteiger partial charge is 0.422 e. The van der Waals surface area contributed by atoms with Crippen LogP contribution in [0.25, 0.3) is 5.69 Å². The summed E-state index contributed by atoms with van der Waals surface area (Å²) in [7, 11) is 0. The van der Waals surface area contributed by atoms with Crippen molar-refractivity contribution in [2.45, 2.75) is 39.2 Å². The number of hydrogen-bond acceptors (Lipinski definition) is 4. The minimum absolute atomic E-state index is 0.125. The van der Waals surface area contributed by atoms with Crippen LogP contribution < -0.4 is 10.1 Å². The summed E-state index contributed by atoms with van der Waals surface area (Å²) in [5.41, 5.74) is 1.10. The summed E-state index contributed by atoms with van der Waals surface area (Å²) >= 11 is 0. The van der Waals surface area contributed by atoms with E-state index >= 15 is 0 Å². The zero-order valence-electron chi connectivity index (χ0n) is 18.1. The number of nitrogens with one attached hydrogen (secondary N) is 1. The molecule has 3 rings (SSSR count). The maximum absolute atomic E-state index is 13.0. The molecule has 0 unspecified atom stereocenters. The lowest BCUT2D eigenvalue weighted by atomic mass is 10.1. The molecule has 0 atom stereocenters. The van der Waals surface area contributed by atoms with Crippen LogP contribution in [0.5, 0.6) is 5.88 Å². The molecule has 1 aromatic carbocycles. The van der Waals surface area contributed by atoms with Crippen molar-refractivity contribution in [1.82, 2.24) is 20.1 Å². The third kappa shape index (κ3) is 6.27. The fraction of sp³-hybridized carbons (Fsp3) is 0.318. The summed E-state index contributed by atoms with van der Waals surface area (Å²) in [5.74, 6) is -0.703. The minimum atomic E-state index is -4.53. The van der Waals surface area contributed by atoms with Gasteiger partial charge in [-0.15, -0.1) is 0 Å². The molecule has 0 fully saturated rings. The van der Waals surface area contributed by atoms with E-state index in [9.17, 15) is 31.1 Å². The maximum atomic E-state index is 13.0. The number of nitrogens with zero attached hydrogens (tertiary/aromatic N) is 3. The van der Waals surface area contributed by atoms with Gasteiger partial charge >= 0.3 is 12.4 Å². The zero-order valence-corrected chi connectivity index (χ0v) is 18.1. The van der Waals surface area contributed by atoms with Crippen molar-refractivity contribution >= 4 is 5.91 Å². The Morgan fingerprint density at radius 1 is 1.09 bits per heavy atom. The van der Waals surface area contributed by atoms with Crippen molar-refractivity contribution in [2.24, 2.45) is 0 Å². The number of alkyl halides is 6. The molecule has 2 heterocycles. The number of aryl methyl sites for hydroxylation is 1. The number of carbonyl (C=O) groups is 1. The fourth-order valence-corrected chi connectivity index (χ4v) is 3.25. The Labute approximate surface area is 190 Å². The van der Waals surface area contributed by atoms with Crippen molar-refractivity contribution in [3.63, 3.8) is 0 Å². The fourth-order valence-electron chi connectivity index (χ4n) is 3.25. The van der Waals surface area contributed by atoms with Gasteiger partial charge in [0, 0.05) is 29.6 Å². The highest BCUT2D eigenvalue weighted by Crippen LogP contribution is 2.31. The van der Waals surface area contributed by atoms with E-state index in [4.69, 9.17) is 4.74 Å². The van der Waals surface area contributed by atoms with Gasteiger partial charge in [-0.25, -0.2) is 9.67 Å². The number of hydrogen-bond donors (Lipinski definition) is 1. The topological polar surface area (TPSA) is 69.0 Å². The number of aromatic nitrogens is 3. The highest BCUT2D eigenvalue weighted by molar-refractivity contribution is 5.79. The highest BCUT2D eigenvalue weighted by Gasteiger charge is 2.31. The molecule has 0 aliphatic rings. The van der Waals surface area contributed by atoms with Crippen molar-refractivity contribution in [3.8, 4) is 11.6 Å². The number of rotatable bonds is 7. The van der Waals surface area contributed by atoms with Crippen LogP contribution in [0, 0.1) is 13.8 Å². The summed E-state index contributed by atoms with van der Waals surface area (Å²) in [5, 5.41) is 6.86. The van der Waals surface area contributed by atoms with Gasteiger partial charge in [0.1, 0.15) is 0 Å². The lowest BCUT2D eigenvalue weighted by Gasteiger charge is -2.12. The molecule has 0 aliphatic heterocycles. The average Bonchev–Trinajstić information content (AvgIpc) is 3.04. The van der Waals surface area contributed by atoms with Crippen LogP contribution >= 0.6 is 0 Å². The first kappa shape index (κ1) is 25.1. The summed E-state index contributed by atoms with van der Waals surface area (Å²) in [6.45, 7) is 1.62. The number of benzene rings is 1. The van der Waals surface area contributed by atoms with Crippen LogP contribution in [0.2, 0.25) is 0 Å². The molecule has 0 radical (unpaired) electrons. The molecule has 0 spiro atoms. The third-order valence-corrected chi connectivity index (χ3v) is 4.90. The normalized spacial score (nSPS) is 12.0. The van der Waals surface area contributed by atoms with E-state index in [0.717, 1.165) is 12.1 Å². The Bertz CT molecular complexity index is 1170. The number of pyridine rings is 1. The highest BCUT2D eigenvalue weighted by atomic mass is 19.4. The van der Waals surface area contributed by atoms with E-state index in [0.29, 0.717) is 17.0 Å². The summed E-state index contributed by atoms with van der Waals surface area (Å²) in [4.78, 5) is 16.3. The van der Waals surface area contributed by atoms with Crippen LogP contribution in [-0.2, 0) is 23.9 Å². The Morgan fingerprint density at radius 3 is 2.50 bits per heavy atom. The molecule has 1 N–H and O–H groups in total. The maximum Gasteiger partial charge on any atom is 0.422 e. The number of amides is 1. The molecule has 6 nitrogen and oxygen atoms in total. The Morgan fingerprint density at radius 2 is 1.82 bits per heavy atom. The Balaban J connectivity index is 1.71. The SMILES string of the molecule is Cc1nn(-c2cccc(C(F)(F)F)c2)c(C)c1CC(=O)NCc1cccnc1OCC(F)(F)F. The lowest BCUT2D eigenvalue weighted by molar-refractivity contribution is -0.154. The van der Waals surface area contributed by atoms with E-state index in [2.05, 4.69) is 15.4 Å². The van der Waals surface area contributed by atoms with Gasteiger partial charge in [-0.2, -0.15) is 31.4 Å².